The van der Waals surface area contributed by atoms with Crippen LogP contribution in [0.1, 0.15) is 32.8 Å². The van der Waals surface area contributed by atoms with Gasteiger partial charge in [-0.15, -0.1) is 13.2 Å². The molecule has 1 saturated heterocycles. The topological polar surface area (TPSA) is 149 Å². The Morgan fingerprint density at radius 2 is 1.57 bits per heavy atom. The number of anilines is 1. The van der Waals surface area contributed by atoms with E-state index in [1.54, 1.807) is 45.0 Å². The van der Waals surface area contributed by atoms with Gasteiger partial charge in [0.25, 0.3) is 15.7 Å². The second-order valence-electron chi connectivity index (χ2n) is 11.9. The summed E-state index contributed by atoms with van der Waals surface area (Å²) in [5.41, 5.74) is -0.978. The van der Waals surface area contributed by atoms with Crippen molar-refractivity contribution in [2.75, 3.05) is 30.5 Å². The van der Waals surface area contributed by atoms with Crippen molar-refractivity contribution in [3.8, 4) is 5.75 Å². The molecule has 49 heavy (non-hydrogen) atoms. The summed E-state index contributed by atoms with van der Waals surface area (Å²) < 4.78 is 82.3. The Kier molecular flexibility index (Phi) is 11.3. The molecule has 1 heterocycles. The van der Waals surface area contributed by atoms with Crippen LogP contribution in [0.5, 0.6) is 5.75 Å². The maximum Gasteiger partial charge on any atom is 0.573 e. The molecule has 264 valence electrons. The van der Waals surface area contributed by atoms with Crippen molar-refractivity contribution < 1.29 is 50.3 Å². The summed E-state index contributed by atoms with van der Waals surface area (Å²) >= 11 is 0. The molecular weight excluding hydrogens is 673 g/mol. The van der Waals surface area contributed by atoms with E-state index in [1.165, 1.54) is 21.9 Å². The van der Waals surface area contributed by atoms with Crippen LogP contribution in [-0.4, -0.2) is 79.5 Å². The Balaban J connectivity index is 1.65. The molecule has 13 nitrogen and oxygen atoms in total. The zero-order chi connectivity index (χ0) is 36.0. The number of rotatable bonds is 10. The van der Waals surface area contributed by atoms with E-state index in [0.29, 0.717) is 0 Å². The number of nitro benzene ring substituents is 1. The lowest BCUT2D eigenvalue weighted by atomic mass is 10.1. The number of amides is 2. The van der Waals surface area contributed by atoms with E-state index in [1.807, 2.05) is 6.07 Å². The van der Waals surface area contributed by atoms with Crippen LogP contribution in [0.25, 0.3) is 0 Å². The van der Waals surface area contributed by atoms with E-state index >= 15 is 0 Å². The van der Waals surface area contributed by atoms with Crippen molar-refractivity contribution in [1.82, 2.24) is 9.80 Å². The van der Waals surface area contributed by atoms with Crippen molar-refractivity contribution in [2.45, 2.75) is 56.7 Å². The summed E-state index contributed by atoms with van der Waals surface area (Å²) in [5, 5.41) is 11.8. The summed E-state index contributed by atoms with van der Waals surface area (Å²) in [7, 11) is -4.73. The lowest BCUT2D eigenvalue weighted by Crippen LogP contribution is -2.58. The highest BCUT2D eigenvalue weighted by Crippen LogP contribution is 2.33. The molecule has 1 aliphatic heterocycles. The van der Waals surface area contributed by atoms with E-state index in [2.05, 4.69) is 4.74 Å². The summed E-state index contributed by atoms with van der Waals surface area (Å²) in [4.78, 5) is 39.3. The number of carbonyl (C=O) groups excluding carboxylic acids is 2. The molecular formula is C32H35F3N4O9S. The van der Waals surface area contributed by atoms with Gasteiger partial charge in [0.05, 0.1) is 16.7 Å². The first-order valence-electron chi connectivity index (χ1n) is 15.0. The van der Waals surface area contributed by atoms with E-state index in [4.69, 9.17) is 9.47 Å². The molecule has 0 unspecified atom stereocenters. The van der Waals surface area contributed by atoms with Gasteiger partial charge in [-0.25, -0.2) is 18.0 Å². The van der Waals surface area contributed by atoms with Crippen LogP contribution in [0, 0.1) is 10.1 Å². The highest BCUT2D eigenvalue weighted by atomic mass is 32.2. The second kappa shape index (κ2) is 15.0. The number of alkyl halides is 3. The molecule has 3 aromatic rings. The number of halogens is 3. The van der Waals surface area contributed by atoms with Gasteiger partial charge in [-0.05, 0) is 63.1 Å². The normalized spacial score (nSPS) is 15.3. The number of hydrogen-bond acceptors (Lipinski definition) is 9. The minimum Gasteiger partial charge on any atom is -0.445 e. The molecule has 0 aliphatic carbocycles. The minimum absolute atomic E-state index is 0.00740. The molecule has 0 bridgehead atoms. The van der Waals surface area contributed by atoms with Crippen molar-refractivity contribution in [3.63, 3.8) is 0 Å². The molecule has 17 heteroatoms. The van der Waals surface area contributed by atoms with Gasteiger partial charge in [-0.1, -0.05) is 42.5 Å². The third kappa shape index (κ3) is 9.98. The minimum atomic E-state index is -5.00. The zero-order valence-corrected chi connectivity index (χ0v) is 27.6. The maximum atomic E-state index is 14.1. The van der Waals surface area contributed by atoms with Crippen LogP contribution in [-0.2, 0) is 26.1 Å². The predicted octanol–water partition coefficient (Wildman–Crippen LogP) is 6.34. The molecule has 4 rings (SSSR count). The fourth-order valence-electron chi connectivity index (χ4n) is 5.05. The Hall–Kier alpha value is -5.06. The SMILES string of the molecule is CC(C)(C)OC(=O)N1CCN(C(=O)OCc2ccccc2)C[C@H]1CCN(c1ccc(OC(F)(F)F)cc1)S(=O)(=O)c1ccccc1[N+](=O)[O-]. The van der Waals surface area contributed by atoms with Crippen LogP contribution in [0.3, 0.4) is 0 Å². The number of nitrogens with zero attached hydrogens (tertiary/aromatic N) is 4. The van der Waals surface area contributed by atoms with Crippen LogP contribution >= 0.6 is 0 Å². The first-order chi connectivity index (χ1) is 22.9. The smallest absolute Gasteiger partial charge is 0.445 e. The highest BCUT2D eigenvalue weighted by Gasteiger charge is 2.38. The Morgan fingerprint density at radius 3 is 2.18 bits per heavy atom. The van der Waals surface area contributed by atoms with Crippen molar-refractivity contribution in [1.29, 1.82) is 0 Å². The molecule has 2 amide bonds. The Morgan fingerprint density at radius 1 is 0.939 bits per heavy atom. The molecule has 0 saturated carbocycles. The first kappa shape index (κ1) is 36.8. The van der Waals surface area contributed by atoms with Gasteiger partial charge >= 0.3 is 18.5 Å². The number of ether oxygens (including phenoxy) is 3. The number of para-hydroxylation sites is 1. The fraction of sp³-hybridized carbons (Fsp3) is 0.375. The van der Waals surface area contributed by atoms with Crippen LogP contribution < -0.4 is 9.04 Å². The number of piperazine rings is 1. The highest BCUT2D eigenvalue weighted by molar-refractivity contribution is 7.93. The average molecular weight is 709 g/mol. The van der Waals surface area contributed by atoms with Crippen LogP contribution in [0.2, 0.25) is 0 Å². The maximum absolute atomic E-state index is 14.1. The molecule has 1 aliphatic rings. The molecule has 0 aromatic heterocycles. The molecule has 1 atom stereocenters. The predicted molar refractivity (Wildman–Crippen MR) is 170 cm³/mol. The van der Waals surface area contributed by atoms with Gasteiger partial charge in [-0.2, -0.15) is 0 Å². The van der Waals surface area contributed by atoms with Crippen molar-refractivity contribution in [3.05, 3.63) is 94.5 Å². The number of nitro groups is 1. The van der Waals surface area contributed by atoms with Gasteiger partial charge in [0.15, 0.2) is 4.90 Å². The second-order valence-corrected chi connectivity index (χ2v) is 13.8. The number of sulfonamides is 1. The molecule has 0 N–H and O–H groups in total. The Labute approximate surface area is 281 Å². The third-order valence-electron chi connectivity index (χ3n) is 7.23. The monoisotopic (exact) mass is 708 g/mol. The summed E-state index contributed by atoms with van der Waals surface area (Å²) in [6.45, 7) is 4.61. The Bertz CT molecular complexity index is 1730. The number of carbonyl (C=O) groups is 2. The van der Waals surface area contributed by atoms with E-state index in [9.17, 15) is 41.3 Å². The van der Waals surface area contributed by atoms with Gasteiger partial charge in [-0.3, -0.25) is 14.4 Å². The van der Waals surface area contributed by atoms with Gasteiger partial charge in [0, 0.05) is 32.2 Å². The first-order valence-corrected chi connectivity index (χ1v) is 16.5. The standard InChI is InChI=1S/C32H35F3N4O9S/c1-31(2,3)48-30(41)37-20-19-36(29(40)46-22-23-9-5-4-6-10-23)21-25(37)17-18-38(24-13-15-26(16-14-24)47-32(33,34)35)49(44,45)28-12-8-7-11-27(28)39(42)43/h4-16,25H,17-22H2,1-3H3/t25-/m1/s1. The van der Waals surface area contributed by atoms with Gasteiger partial charge in [0.2, 0.25) is 0 Å². The summed E-state index contributed by atoms with van der Waals surface area (Å²) in [6.07, 6.45) is -6.50. The third-order valence-corrected chi connectivity index (χ3v) is 9.10. The summed E-state index contributed by atoms with van der Waals surface area (Å²) in [5.74, 6) is -0.618. The van der Waals surface area contributed by atoms with Crippen molar-refractivity contribution in [2.24, 2.45) is 0 Å². The van der Waals surface area contributed by atoms with Crippen LogP contribution in [0.15, 0.2) is 83.8 Å². The van der Waals surface area contributed by atoms with Gasteiger partial charge < -0.3 is 24.0 Å². The zero-order valence-electron chi connectivity index (χ0n) is 26.8. The molecule has 0 radical (unpaired) electrons. The van der Waals surface area contributed by atoms with E-state index in [-0.39, 0.29) is 38.3 Å². The molecule has 0 spiro atoms. The number of hydrogen-bond donors (Lipinski definition) is 0. The lowest BCUT2D eigenvalue weighted by Gasteiger charge is -2.41. The van der Waals surface area contributed by atoms with Gasteiger partial charge in [0.1, 0.15) is 18.0 Å². The van der Waals surface area contributed by atoms with Crippen molar-refractivity contribution >= 4 is 33.6 Å². The molecule has 1 fully saturated rings. The lowest BCUT2D eigenvalue weighted by molar-refractivity contribution is -0.387. The number of benzene rings is 3. The fourth-order valence-corrected chi connectivity index (χ4v) is 6.69. The molecule has 3 aromatic carbocycles. The largest absolute Gasteiger partial charge is 0.573 e. The summed E-state index contributed by atoms with van der Waals surface area (Å²) in [6, 6.07) is 16.7. The van der Waals surface area contributed by atoms with E-state index in [0.717, 1.165) is 46.3 Å². The van der Waals surface area contributed by atoms with Crippen LogP contribution in [0.4, 0.5) is 34.1 Å². The quantitative estimate of drug-likeness (QED) is 0.174. The van der Waals surface area contributed by atoms with E-state index < -0.39 is 68.0 Å². The average Bonchev–Trinajstić information content (AvgIpc) is 3.03.